The molecule has 1 saturated heterocycles. The maximum absolute atomic E-state index is 10.8. The molecule has 0 radical (unpaired) electrons. The Morgan fingerprint density at radius 1 is 1.57 bits per heavy atom. The molecule has 4 nitrogen and oxygen atoms in total. The van der Waals surface area contributed by atoms with Gasteiger partial charge in [-0.15, -0.1) is 0 Å². The van der Waals surface area contributed by atoms with Gasteiger partial charge in [-0.1, -0.05) is 0 Å². The lowest BCUT2D eigenvalue weighted by molar-refractivity contribution is -0.119. The molecule has 0 aromatic rings. The van der Waals surface area contributed by atoms with E-state index in [4.69, 9.17) is 5.73 Å². The summed E-state index contributed by atoms with van der Waals surface area (Å²) in [7, 11) is 0. The Balaban J connectivity index is 2.11. The van der Waals surface area contributed by atoms with Crippen molar-refractivity contribution in [3.8, 4) is 0 Å². The van der Waals surface area contributed by atoms with Gasteiger partial charge in [0.15, 0.2) is 0 Å². The molecule has 1 fully saturated rings. The summed E-state index contributed by atoms with van der Waals surface area (Å²) in [6.07, 6.45) is 3.35. The van der Waals surface area contributed by atoms with Crippen molar-refractivity contribution in [2.75, 3.05) is 26.2 Å². The summed E-state index contributed by atoms with van der Waals surface area (Å²) in [5.41, 5.74) is 5.43. The lowest BCUT2D eigenvalue weighted by Gasteiger charge is -2.15. The molecule has 0 saturated carbocycles. The van der Waals surface area contributed by atoms with E-state index in [0.29, 0.717) is 6.04 Å². The quantitative estimate of drug-likeness (QED) is 0.610. The number of unbranched alkanes of at least 4 members (excludes halogenated alkanes) is 1. The van der Waals surface area contributed by atoms with Gasteiger partial charge >= 0.3 is 0 Å². The molecule has 14 heavy (non-hydrogen) atoms. The SMILES string of the molecule is CC(=O)NC1CCN(CCCCN)C1. The Labute approximate surface area is 85.8 Å². The predicted molar refractivity (Wildman–Crippen MR) is 57.0 cm³/mol. The fourth-order valence-electron chi connectivity index (χ4n) is 1.92. The molecule has 0 spiro atoms. The van der Waals surface area contributed by atoms with Gasteiger partial charge in [-0.05, 0) is 32.4 Å². The van der Waals surface area contributed by atoms with Crippen LogP contribution in [0.25, 0.3) is 0 Å². The molecular weight excluding hydrogens is 178 g/mol. The average molecular weight is 199 g/mol. The highest BCUT2D eigenvalue weighted by Gasteiger charge is 2.21. The first-order valence-electron chi connectivity index (χ1n) is 5.42. The van der Waals surface area contributed by atoms with Crippen molar-refractivity contribution in [2.45, 2.75) is 32.2 Å². The molecule has 1 unspecified atom stereocenters. The highest BCUT2D eigenvalue weighted by atomic mass is 16.1. The highest BCUT2D eigenvalue weighted by Crippen LogP contribution is 2.09. The van der Waals surface area contributed by atoms with Crippen molar-refractivity contribution in [3.63, 3.8) is 0 Å². The number of hydrogen-bond donors (Lipinski definition) is 2. The van der Waals surface area contributed by atoms with Crippen molar-refractivity contribution >= 4 is 5.91 Å². The maximum atomic E-state index is 10.8. The second-order valence-corrected chi connectivity index (χ2v) is 3.98. The van der Waals surface area contributed by atoms with Gasteiger partial charge in [0.1, 0.15) is 0 Å². The maximum Gasteiger partial charge on any atom is 0.217 e. The van der Waals surface area contributed by atoms with E-state index in [1.807, 2.05) is 0 Å². The first-order chi connectivity index (χ1) is 6.72. The van der Waals surface area contributed by atoms with Crippen molar-refractivity contribution < 1.29 is 4.79 Å². The lowest BCUT2D eigenvalue weighted by atomic mass is 10.2. The van der Waals surface area contributed by atoms with E-state index >= 15 is 0 Å². The largest absolute Gasteiger partial charge is 0.352 e. The molecule has 3 N–H and O–H groups in total. The van der Waals surface area contributed by atoms with Crippen LogP contribution in [0.3, 0.4) is 0 Å². The van der Waals surface area contributed by atoms with Gasteiger partial charge in [-0.3, -0.25) is 4.79 Å². The molecule has 1 aliphatic heterocycles. The molecule has 0 bridgehead atoms. The Hall–Kier alpha value is -0.610. The predicted octanol–water partition coefficient (Wildman–Crippen LogP) is -0.0643. The number of carbonyl (C=O) groups excluding carboxylic acids is 1. The van der Waals surface area contributed by atoms with Crippen molar-refractivity contribution in [1.29, 1.82) is 0 Å². The third-order valence-electron chi connectivity index (χ3n) is 2.61. The number of carbonyl (C=O) groups is 1. The summed E-state index contributed by atoms with van der Waals surface area (Å²) >= 11 is 0. The molecule has 0 aromatic carbocycles. The molecule has 82 valence electrons. The Morgan fingerprint density at radius 2 is 2.36 bits per heavy atom. The molecule has 1 aliphatic rings. The fraction of sp³-hybridized carbons (Fsp3) is 0.900. The van der Waals surface area contributed by atoms with Crippen molar-refractivity contribution in [3.05, 3.63) is 0 Å². The van der Waals surface area contributed by atoms with Gasteiger partial charge in [0.05, 0.1) is 0 Å². The minimum absolute atomic E-state index is 0.0822. The smallest absolute Gasteiger partial charge is 0.217 e. The molecule has 0 aromatic heterocycles. The zero-order valence-corrected chi connectivity index (χ0v) is 8.96. The molecule has 4 heteroatoms. The zero-order chi connectivity index (χ0) is 10.4. The van der Waals surface area contributed by atoms with Crippen LogP contribution in [-0.4, -0.2) is 43.0 Å². The van der Waals surface area contributed by atoms with E-state index in [1.165, 1.54) is 6.42 Å². The standard InChI is InChI=1S/C10H21N3O/c1-9(14)12-10-4-7-13(8-10)6-3-2-5-11/h10H,2-8,11H2,1H3,(H,12,14). The molecule has 1 heterocycles. The second kappa shape index (κ2) is 5.98. The summed E-state index contributed by atoms with van der Waals surface area (Å²) < 4.78 is 0. The summed E-state index contributed by atoms with van der Waals surface area (Å²) in [5.74, 6) is 0.0822. The monoisotopic (exact) mass is 199 g/mol. The Bertz CT molecular complexity index is 184. The van der Waals surface area contributed by atoms with Crippen LogP contribution in [0.15, 0.2) is 0 Å². The third kappa shape index (κ3) is 4.07. The van der Waals surface area contributed by atoms with Crippen molar-refractivity contribution in [1.82, 2.24) is 10.2 Å². The summed E-state index contributed by atoms with van der Waals surface area (Å²) in [5, 5.41) is 2.96. The summed E-state index contributed by atoms with van der Waals surface area (Å²) in [6.45, 7) is 5.59. The third-order valence-corrected chi connectivity index (χ3v) is 2.61. The zero-order valence-electron chi connectivity index (χ0n) is 8.96. The van der Waals surface area contributed by atoms with Gasteiger partial charge in [0.25, 0.3) is 0 Å². The van der Waals surface area contributed by atoms with E-state index in [9.17, 15) is 4.79 Å². The normalized spacial score (nSPS) is 22.6. The molecular formula is C10H21N3O. The minimum atomic E-state index is 0.0822. The first-order valence-corrected chi connectivity index (χ1v) is 5.42. The molecule has 1 rings (SSSR count). The number of hydrogen-bond acceptors (Lipinski definition) is 3. The van der Waals surface area contributed by atoms with E-state index in [2.05, 4.69) is 10.2 Å². The van der Waals surface area contributed by atoms with Crippen LogP contribution in [0.4, 0.5) is 0 Å². The van der Waals surface area contributed by atoms with Crippen molar-refractivity contribution in [2.24, 2.45) is 5.73 Å². The van der Waals surface area contributed by atoms with Crippen LogP contribution in [0, 0.1) is 0 Å². The minimum Gasteiger partial charge on any atom is -0.352 e. The van der Waals surface area contributed by atoms with Crippen LogP contribution >= 0.6 is 0 Å². The van der Waals surface area contributed by atoms with E-state index in [-0.39, 0.29) is 5.91 Å². The summed E-state index contributed by atoms with van der Waals surface area (Å²) in [4.78, 5) is 13.2. The van der Waals surface area contributed by atoms with Crippen LogP contribution in [0.2, 0.25) is 0 Å². The van der Waals surface area contributed by atoms with Gasteiger partial charge in [-0.25, -0.2) is 0 Å². The number of likely N-dealkylation sites (tertiary alicyclic amines) is 1. The van der Waals surface area contributed by atoms with Gasteiger partial charge in [0, 0.05) is 26.1 Å². The highest BCUT2D eigenvalue weighted by molar-refractivity contribution is 5.73. The number of nitrogens with zero attached hydrogens (tertiary/aromatic N) is 1. The topological polar surface area (TPSA) is 58.4 Å². The number of nitrogens with two attached hydrogens (primary N) is 1. The number of amides is 1. The van der Waals surface area contributed by atoms with Gasteiger partial charge in [-0.2, -0.15) is 0 Å². The van der Waals surface area contributed by atoms with Crippen LogP contribution in [0.1, 0.15) is 26.2 Å². The van der Waals surface area contributed by atoms with E-state index in [1.54, 1.807) is 6.92 Å². The second-order valence-electron chi connectivity index (χ2n) is 3.98. The number of nitrogens with one attached hydrogen (secondary N) is 1. The average Bonchev–Trinajstić information content (AvgIpc) is 2.52. The fourth-order valence-corrected chi connectivity index (χ4v) is 1.92. The van der Waals surface area contributed by atoms with Gasteiger partial charge < -0.3 is 16.0 Å². The Morgan fingerprint density at radius 3 is 3.00 bits per heavy atom. The van der Waals surface area contributed by atoms with E-state index < -0.39 is 0 Å². The molecule has 0 aliphatic carbocycles. The molecule has 1 amide bonds. The van der Waals surface area contributed by atoms with Crippen LogP contribution in [0.5, 0.6) is 0 Å². The van der Waals surface area contributed by atoms with Crippen LogP contribution < -0.4 is 11.1 Å². The number of rotatable bonds is 5. The van der Waals surface area contributed by atoms with Crippen LogP contribution in [-0.2, 0) is 4.79 Å². The Kier molecular flexibility index (Phi) is 4.90. The van der Waals surface area contributed by atoms with Gasteiger partial charge in [0.2, 0.25) is 5.91 Å². The first kappa shape index (κ1) is 11.5. The lowest BCUT2D eigenvalue weighted by Crippen LogP contribution is -2.35. The molecule has 1 atom stereocenters. The van der Waals surface area contributed by atoms with E-state index in [0.717, 1.165) is 39.0 Å². The summed E-state index contributed by atoms with van der Waals surface area (Å²) in [6, 6.07) is 0.366.